The van der Waals surface area contributed by atoms with Gasteiger partial charge in [0.2, 0.25) is 11.8 Å². The van der Waals surface area contributed by atoms with Crippen molar-refractivity contribution in [3.05, 3.63) is 0 Å². The Bertz CT molecular complexity index is 625. The Morgan fingerprint density at radius 1 is 0.879 bits per heavy atom. The minimum atomic E-state index is -0.900. The van der Waals surface area contributed by atoms with Crippen molar-refractivity contribution in [3.8, 4) is 0 Å². The molecule has 0 aliphatic carbocycles. The van der Waals surface area contributed by atoms with Crippen LogP contribution in [0.15, 0.2) is 0 Å². The van der Waals surface area contributed by atoms with Crippen molar-refractivity contribution < 1.29 is 19.5 Å². The maximum Gasteiger partial charge on any atom is 0.407 e. The van der Waals surface area contributed by atoms with Gasteiger partial charge in [0.05, 0.1) is 12.1 Å². The van der Waals surface area contributed by atoms with Crippen LogP contribution in [0.2, 0.25) is 0 Å². The normalized spacial score (nSPS) is 22.2. The maximum atomic E-state index is 11.4. The van der Waals surface area contributed by atoms with Crippen LogP contribution in [0.5, 0.6) is 0 Å². The van der Waals surface area contributed by atoms with E-state index in [4.69, 9.17) is 17.2 Å². The zero-order valence-electron chi connectivity index (χ0n) is 20.8. The third-order valence-corrected chi connectivity index (χ3v) is 6.40. The van der Waals surface area contributed by atoms with E-state index in [0.717, 1.165) is 58.2 Å². The molecule has 0 aromatic carbocycles. The van der Waals surface area contributed by atoms with E-state index in [-0.39, 0.29) is 23.9 Å². The summed E-state index contributed by atoms with van der Waals surface area (Å²) in [6.07, 6.45) is 6.90. The molecule has 3 amide bonds. The highest BCUT2D eigenvalue weighted by Crippen LogP contribution is 2.19. The summed E-state index contributed by atoms with van der Waals surface area (Å²) in [7, 11) is 0. The molecule has 0 unspecified atom stereocenters. The van der Waals surface area contributed by atoms with E-state index in [2.05, 4.69) is 9.80 Å². The molecule has 33 heavy (non-hydrogen) atoms. The summed E-state index contributed by atoms with van der Waals surface area (Å²) in [6.45, 7) is 10.3. The van der Waals surface area contributed by atoms with Gasteiger partial charge in [-0.05, 0) is 78.9 Å². The largest absolute Gasteiger partial charge is 0.465 e. The Morgan fingerprint density at radius 2 is 1.33 bits per heavy atom. The van der Waals surface area contributed by atoms with E-state index in [1.165, 1.54) is 11.3 Å². The number of amides is 3. The van der Waals surface area contributed by atoms with Crippen LogP contribution in [0.1, 0.15) is 72.1 Å². The number of rotatable bonds is 9. The Hall–Kier alpha value is -1.91. The summed E-state index contributed by atoms with van der Waals surface area (Å²) < 4.78 is 0. The average Bonchev–Trinajstić information content (AvgIpc) is 2.74. The molecular formula is C23H46N6O4. The third kappa shape index (κ3) is 10.3. The van der Waals surface area contributed by atoms with Gasteiger partial charge in [0.25, 0.3) is 0 Å². The molecule has 7 N–H and O–H groups in total. The molecule has 192 valence electrons. The smallest absolute Gasteiger partial charge is 0.407 e. The number of hydrogen-bond acceptors (Lipinski definition) is 6. The fourth-order valence-corrected chi connectivity index (χ4v) is 4.61. The maximum absolute atomic E-state index is 11.4. The van der Waals surface area contributed by atoms with Crippen LogP contribution < -0.4 is 17.2 Å². The monoisotopic (exact) mass is 470 g/mol. The van der Waals surface area contributed by atoms with Crippen LogP contribution in [0.4, 0.5) is 4.79 Å². The lowest BCUT2D eigenvalue weighted by molar-refractivity contribution is -0.125. The van der Waals surface area contributed by atoms with Gasteiger partial charge in [-0.1, -0.05) is 12.8 Å². The minimum absolute atomic E-state index is 0.0414. The lowest BCUT2D eigenvalue weighted by Gasteiger charge is -2.36. The Labute approximate surface area is 198 Å². The van der Waals surface area contributed by atoms with E-state index in [9.17, 15) is 19.5 Å². The number of piperidine rings is 2. The summed E-state index contributed by atoms with van der Waals surface area (Å²) in [5, 5.41) is 9.22. The molecule has 2 heterocycles. The van der Waals surface area contributed by atoms with Crippen LogP contribution in [0, 0.1) is 0 Å². The molecule has 0 radical (unpaired) electrons. The molecule has 0 bridgehead atoms. The van der Waals surface area contributed by atoms with Crippen molar-refractivity contribution >= 4 is 17.9 Å². The van der Waals surface area contributed by atoms with Crippen LogP contribution >= 0.6 is 0 Å². The first-order valence-electron chi connectivity index (χ1n) is 12.3. The van der Waals surface area contributed by atoms with Gasteiger partial charge in [-0.25, -0.2) is 4.79 Å². The molecular weight excluding hydrogens is 424 g/mol. The molecule has 0 spiro atoms. The standard InChI is InChI=1S/C14H27N3O3.C9H19N3O/c1-14(2,3)17(13(19)20)10-6-9-16-8-5-4-7-11(16)12(15)18;10-5-3-7-12-6-2-1-4-8(12)9(11)13/h11H,4-10H2,1-3H3,(H2,15,18)(H,19,20);8H,1-7,10H2,(H2,11,13)/t11-;8-/m00/s1. The van der Waals surface area contributed by atoms with Crippen molar-refractivity contribution in [2.24, 2.45) is 17.2 Å². The van der Waals surface area contributed by atoms with Gasteiger partial charge < -0.3 is 27.2 Å². The summed E-state index contributed by atoms with van der Waals surface area (Å²) in [4.78, 5) is 39.4. The number of carboxylic acid groups (broad SMARTS) is 1. The van der Waals surface area contributed by atoms with Gasteiger partial charge in [-0.15, -0.1) is 0 Å². The quantitative estimate of drug-likeness (QED) is 0.393. The molecule has 2 aliphatic rings. The Balaban J connectivity index is 0.000000361. The summed E-state index contributed by atoms with van der Waals surface area (Å²) >= 11 is 0. The van der Waals surface area contributed by atoms with E-state index >= 15 is 0 Å². The molecule has 0 aromatic heterocycles. The van der Waals surface area contributed by atoms with E-state index < -0.39 is 11.6 Å². The number of likely N-dealkylation sites (tertiary alicyclic amines) is 2. The predicted octanol–water partition coefficient (Wildman–Crippen LogP) is 1.17. The number of nitrogens with two attached hydrogens (primary N) is 3. The van der Waals surface area contributed by atoms with Crippen LogP contribution in [-0.4, -0.2) is 94.6 Å². The molecule has 2 rings (SSSR count). The second kappa shape index (κ2) is 14.4. The van der Waals surface area contributed by atoms with Crippen molar-refractivity contribution in [1.82, 2.24) is 14.7 Å². The van der Waals surface area contributed by atoms with Gasteiger partial charge in [0, 0.05) is 25.2 Å². The highest BCUT2D eigenvalue weighted by molar-refractivity contribution is 5.80. The van der Waals surface area contributed by atoms with Crippen LogP contribution in [0.25, 0.3) is 0 Å². The molecule has 0 saturated carbocycles. The zero-order valence-corrected chi connectivity index (χ0v) is 20.8. The highest BCUT2D eigenvalue weighted by Gasteiger charge is 2.29. The SMILES string of the molecule is CC(C)(C)N(CCCN1CCCC[C@H]1C(N)=O)C(=O)O.NCCCN1CCCC[C@H]1C(N)=O. The lowest BCUT2D eigenvalue weighted by atomic mass is 10.0. The number of primary amides is 2. The Kier molecular flexibility index (Phi) is 12.7. The number of carbonyl (C=O) groups is 3. The van der Waals surface area contributed by atoms with Crippen molar-refractivity contribution in [2.75, 3.05) is 39.3 Å². The minimum Gasteiger partial charge on any atom is -0.465 e. The van der Waals surface area contributed by atoms with E-state index in [1.54, 1.807) is 0 Å². The number of nitrogens with zero attached hydrogens (tertiary/aromatic N) is 3. The first-order chi connectivity index (χ1) is 15.5. The van der Waals surface area contributed by atoms with Gasteiger partial charge in [0.1, 0.15) is 0 Å². The number of hydrogen-bond donors (Lipinski definition) is 4. The van der Waals surface area contributed by atoms with Crippen molar-refractivity contribution in [1.29, 1.82) is 0 Å². The topological polar surface area (TPSA) is 159 Å². The molecule has 0 aromatic rings. The van der Waals surface area contributed by atoms with E-state index in [0.29, 0.717) is 26.1 Å². The van der Waals surface area contributed by atoms with Crippen LogP contribution in [-0.2, 0) is 9.59 Å². The lowest BCUT2D eigenvalue weighted by Crippen LogP contribution is -2.49. The van der Waals surface area contributed by atoms with Crippen molar-refractivity contribution in [2.45, 2.75) is 89.8 Å². The fraction of sp³-hybridized carbons (Fsp3) is 0.870. The molecule has 2 aliphatic heterocycles. The van der Waals surface area contributed by atoms with Gasteiger partial charge >= 0.3 is 6.09 Å². The molecule has 10 heteroatoms. The summed E-state index contributed by atoms with van der Waals surface area (Å²) in [5.74, 6) is -0.452. The van der Waals surface area contributed by atoms with Gasteiger partial charge in [0.15, 0.2) is 0 Å². The molecule has 2 fully saturated rings. The Morgan fingerprint density at radius 3 is 1.70 bits per heavy atom. The molecule has 2 saturated heterocycles. The predicted molar refractivity (Wildman–Crippen MR) is 130 cm³/mol. The first kappa shape index (κ1) is 29.1. The average molecular weight is 471 g/mol. The summed E-state index contributed by atoms with van der Waals surface area (Å²) in [5.41, 5.74) is 15.8. The first-order valence-corrected chi connectivity index (χ1v) is 12.3. The summed E-state index contributed by atoms with van der Waals surface area (Å²) in [6, 6.07) is -0.225. The molecule has 2 atom stereocenters. The highest BCUT2D eigenvalue weighted by atomic mass is 16.4. The second-order valence-corrected chi connectivity index (χ2v) is 10.0. The molecule has 10 nitrogen and oxygen atoms in total. The van der Waals surface area contributed by atoms with Gasteiger partial charge in [-0.2, -0.15) is 0 Å². The van der Waals surface area contributed by atoms with Crippen LogP contribution in [0.3, 0.4) is 0 Å². The van der Waals surface area contributed by atoms with E-state index in [1.807, 2.05) is 20.8 Å². The van der Waals surface area contributed by atoms with Crippen molar-refractivity contribution in [3.63, 3.8) is 0 Å². The van der Waals surface area contributed by atoms with Gasteiger partial charge in [-0.3, -0.25) is 19.4 Å². The fourth-order valence-electron chi connectivity index (χ4n) is 4.61. The zero-order chi connectivity index (χ0) is 25.0. The third-order valence-electron chi connectivity index (χ3n) is 6.40. The second-order valence-electron chi connectivity index (χ2n) is 10.0. The number of carbonyl (C=O) groups excluding carboxylic acids is 2.